The van der Waals surface area contributed by atoms with E-state index in [9.17, 15) is 13.2 Å². The number of hydrogen-bond donors (Lipinski definition) is 2. The number of amides is 1. The Kier molecular flexibility index (Phi) is 6.71. The number of nitrogens with one attached hydrogen (secondary N) is 2. The normalized spacial score (nSPS) is 33.4. The third kappa shape index (κ3) is 4.93. The molecule has 2 aliphatic carbocycles. The van der Waals surface area contributed by atoms with Gasteiger partial charge in [-0.25, -0.2) is 13.1 Å². The average molecular weight is 395 g/mol. The van der Waals surface area contributed by atoms with Crippen molar-refractivity contribution in [3.8, 4) is 0 Å². The second kappa shape index (κ2) is 8.11. The van der Waals surface area contributed by atoms with Crippen molar-refractivity contribution >= 4 is 31.9 Å². The third-order valence-electron chi connectivity index (χ3n) is 4.77. The summed E-state index contributed by atoms with van der Waals surface area (Å²) in [7, 11) is -3.33. The number of sulfonamides is 1. The van der Waals surface area contributed by atoms with Gasteiger partial charge in [-0.3, -0.25) is 4.79 Å². The van der Waals surface area contributed by atoms with Gasteiger partial charge in [-0.05, 0) is 51.9 Å². The Balaban J connectivity index is 1.92. The van der Waals surface area contributed by atoms with Gasteiger partial charge in [0, 0.05) is 23.3 Å². The minimum Gasteiger partial charge on any atom is -0.356 e. The van der Waals surface area contributed by atoms with E-state index >= 15 is 0 Å². The van der Waals surface area contributed by atoms with E-state index in [2.05, 4.69) is 26.0 Å². The molecule has 0 aliphatic heterocycles. The lowest BCUT2D eigenvalue weighted by Crippen LogP contribution is -2.45. The van der Waals surface area contributed by atoms with Gasteiger partial charge in [0.2, 0.25) is 15.9 Å². The zero-order chi connectivity index (χ0) is 16.2. The lowest BCUT2D eigenvalue weighted by molar-refractivity contribution is -0.125. The minimum absolute atomic E-state index is 0.00203. The number of rotatable bonds is 5. The third-order valence-corrected chi connectivity index (χ3v) is 7.66. The monoisotopic (exact) mass is 394 g/mol. The maximum Gasteiger partial charge on any atom is 0.223 e. The second-order valence-electron chi connectivity index (χ2n) is 6.49. The van der Waals surface area contributed by atoms with Gasteiger partial charge in [0.1, 0.15) is 0 Å². The van der Waals surface area contributed by atoms with Crippen LogP contribution in [0.5, 0.6) is 0 Å². The topological polar surface area (TPSA) is 75.3 Å². The van der Waals surface area contributed by atoms with Crippen LogP contribution in [0.4, 0.5) is 0 Å². The van der Waals surface area contributed by atoms with Crippen LogP contribution in [0.15, 0.2) is 0 Å². The molecule has 0 aromatic rings. The van der Waals surface area contributed by atoms with Crippen molar-refractivity contribution < 1.29 is 13.2 Å². The van der Waals surface area contributed by atoms with E-state index in [4.69, 9.17) is 0 Å². The van der Waals surface area contributed by atoms with Crippen LogP contribution in [-0.4, -0.2) is 37.0 Å². The van der Waals surface area contributed by atoms with Gasteiger partial charge in [0.05, 0.1) is 5.25 Å². The molecule has 0 radical (unpaired) electrons. The molecule has 2 aliphatic rings. The Morgan fingerprint density at radius 3 is 2.45 bits per heavy atom. The summed E-state index contributed by atoms with van der Waals surface area (Å²) in [6.07, 6.45) is 6.53. The van der Waals surface area contributed by atoms with E-state index in [-0.39, 0.29) is 17.9 Å². The first-order chi connectivity index (χ1) is 10.4. The molecule has 0 spiro atoms. The molecule has 5 nitrogen and oxygen atoms in total. The second-order valence-corrected chi connectivity index (χ2v) is 9.78. The maximum absolute atomic E-state index is 12.6. The Morgan fingerprint density at radius 2 is 1.82 bits per heavy atom. The van der Waals surface area contributed by atoms with Crippen molar-refractivity contribution in [1.82, 2.24) is 10.0 Å². The molecule has 128 valence electrons. The van der Waals surface area contributed by atoms with Gasteiger partial charge >= 0.3 is 0 Å². The summed E-state index contributed by atoms with van der Waals surface area (Å²) in [4.78, 5) is 12.5. The van der Waals surface area contributed by atoms with Crippen molar-refractivity contribution in [2.24, 2.45) is 5.92 Å². The number of alkyl halides is 1. The molecule has 0 aromatic carbocycles. The first kappa shape index (κ1) is 18.2. The highest BCUT2D eigenvalue weighted by Crippen LogP contribution is 2.30. The Bertz CT molecular complexity index is 475. The molecule has 2 saturated carbocycles. The summed E-state index contributed by atoms with van der Waals surface area (Å²) in [5, 5.41) is 2.39. The van der Waals surface area contributed by atoms with Crippen LogP contribution in [0.3, 0.4) is 0 Å². The van der Waals surface area contributed by atoms with E-state index in [1.165, 1.54) is 0 Å². The fourth-order valence-electron chi connectivity index (χ4n) is 3.48. The molecule has 22 heavy (non-hydrogen) atoms. The van der Waals surface area contributed by atoms with E-state index in [0.717, 1.165) is 38.5 Å². The van der Waals surface area contributed by atoms with Crippen molar-refractivity contribution in [3.63, 3.8) is 0 Å². The van der Waals surface area contributed by atoms with Crippen molar-refractivity contribution in [2.45, 2.75) is 74.4 Å². The van der Waals surface area contributed by atoms with Crippen LogP contribution in [0.2, 0.25) is 0 Å². The molecule has 2 atom stereocenters. The largest absolute Gasteiger partial charge is 0.356 e. The molecular weight excluding hydrogens is 368 g/mol. The molecule has 0 aromatic heterocycles. The van der Waals surface area contributed by atoms with Gasteiger partial charge < -0.3 is 5.32 Å². The van der Waals surface area contributed by atoms with E-state index in [1.54, 1.807) is 0 Å². The average Bonchev–Trinajstić information content (AvgIpc) is 2.50. The molecule has 0 saturated heterocycles. The van der Waals surface area contributed by atoms with Crippen LogP contribution >= 0.6 is 15.9 Å². The number of carbonyl (C=O) groups excluding carboxylic acids is 1. The van der Waals surface area contributed by atoms with Crippen LogP contribution in [0, 0.1) is 5.92 Å². The van der Waals surface area contributed by atoms with Crippen molar-refractivity contribution in [1.29, 1.82) is 0 Å². The SMILES string of the molecule is CCNC(=O)C1CCCC(S(=O)(=O)NC2CCC(Br)CC2)C1. The van der Waals surface area contributed by atoms with Gasteiger partial charge in [-0.1, -0.05) is 22.4 Å². The van der Waals surface area contributed by atoms with Crippen molar-refractivity contribution in [3.05, 3.63) is 0 Å². The molecule has 2 N–H and O–H groups in total. The summed E-state index contributed by atoms with van der Waals surface area (Å²) < 4.78 is 28.1. The smallest absolute Gasteiger partial charge is 0.223 e. The van der Waals surface area contributed by atoms with Crippen LogP contribution in [0.1, 0.15) is 58.3 Å². The zero-order valence-corrected chi connectivity index (χ0v) is 15.6. The lowest BCUT2D eigenvalue weighted by atomic mass is 9.88. The van der Waals surface area contributed by atoms with E-state index in [0.29, 0.717) is 24.2 Å². The highest BCUT2D eigenvalue weighted by Gasteiger charge is 2.36. The fraction of sp³-hybridized carbons (Fsp3) is 0.933. The maximum atomic E-state index is 12.6. The highest BCUT2D eigenvalue weighted by atomic mass is 79.9. The summed E-state index contributed by atoms with van der Waals surface area (Å²) in [6, 6.07) is 0.0589. The summed E-state index contributed by atoms with van der Waals surface area (Å²) in [6.45, 7) is 2.48. The Morgan fingerprint density at radius 1 is 1.14 bits per heavy atom. The molecule has 2 unspecified atom stereocenters. The molecule has 7 heteroatoms. The van der Waals surface area contributed by atoms with Gasteiger partial charge in [-0.15, -0.1) is 0 Å². The van der Waals surface area contributed by atoms with Crippen LogP contribution < -0.4 is 10.0 Å². The standard InChI is InChI=1S/C15H27BrN2O3S/c1-2-17-15(19)11-4-3-5-14(10-11)22(20,21)18-13-8-6-12(16)7-9-13/h11-14,18H,2-10H2,1H3,(H,17,19). The Hall–Kier alpha value is -0.140. The molecule has 0 bridgehead atoms. The number of halogens is 1. The first-order valence-electron chi connectivity index (χ1n) is 8.35. The number of carbonyl (C=O) groups is 1. The zero-order valence-electron chi connectivity index (χ0n) is 13.2. The quantitative estimate of drug-likeness (QED) is 0.702. The predicted octanol–water partition coefficient (Wildman–Crippen LogP) is 2.31. The molecule has 1 amide bonds. The molecule has 2 rings (SSSR count). The van der Waals surface area contributed by atoms with Crippen LogP contribution in [0.25, 0.3) is 0 Å². The van der Waals surface area contributed by atoms with Gasteiger partial charge in [0.15, 0.2) is 0 Å². The van der Waals surface area contributed by atoms with E-state index < -0.39 is 15.3 Å². The molecule has 2 fully saturated rings. The summed E-state index contributed by atoms with van der Waals surface area (Å²) in [5.41, 5.74) is 0. The molecular formula is C15H27BrN2O3S. The van der Waals surface area contributed by atoms with Crippen LogP contribution in [-0.2, 0) is 14.8 Å². The fourth-order valence-corrected chi connectivity index (χ4v) is 5.87. The summed E-state index contributed by atoms with van der Waals surface area (Å²) in [5.74, 6) is -0.157. The number of hydrogen-bond acceptors (Lipinski definition) is 3. The summed E-state index contributed by atoms with van der Waals surface area (Å²) >= 11 is 3.59. The van der Waals surface area contributed by atoms with Gasteiger partial charge in [0.25, 0.3) is 0 Å². The minimum atomic E-state index is -3.33. The van der Waals surface area contributed by atoms with Gasteiger partial charge in [-0.2, -0.15) is 0 Å². The Labute approximate surface area is 142 Å². The lowest BCUT2D eigenvalue weighted by Gasteiger charge is -2.31. The molecule has 0 heterocycles. The van der Waals surface area contributed by atoms with E-state index in [1.807, 2.05) is 6.92 Å². The van der Waals surface area contributed by atoms with Crippen molar-refractivity contribution in [2.75, 3.05) is 6.54 Å². The predicted molar refractivity (Wildman–Crippen MR) is 91.5 cm³/mol. The highest BCUT2D eigenvalue weighted by molar-refractivity contribution is 9.09. The first-order valence-corrected chi connectivity index (χ1v) is 10.8.